The Morgan fingerprint density at radius 2 is 1.71 bits per heavy atom. The van der Waals surface area contributed by atoms with Gasteiger partial charge in [0.05, 0.1) is 12.8 Å². The third-order valence-electron chi connectivity index (χ3n) is 4.43. The summed E-state index contributed by atoms with van der Waals surface area (Å²) < 4.78 is 17.6. The average Bonchev–Trinajstić information content (AvgIpc) is 2.70. The molecule has 2 aromatic carbocycles. The first-order chi connectivity index (χ1) is 13.5. The van der Waals surface area contributed by atoms with Crippen molar-refractivity contribution in [2.45, 2.75) is 32.8 Å². The van der Waals surface area contributed by atoms with Crippen LogP contribution in [0.15, 0.2) is 83.6 Å². The Labute approximate surface area is 167 Å². The lowest BCUT2D eigenvalue weighted by Gasteiger charge is -2.29. The van der Waals surface area contributed by atoms with E-state index in [4.69, 9.17) is 19.2 Å². The molecule has 1 atom stereocenters. The van der Waals surface area contributed by atoms with Crippen molar-refractivity contribution in [1.29, 1.82) is 0 Å². The van der Waals surface area contributed by atoms with Gasteiger partial charge in [-0.2, -0.15) is 0 Å². The van der Waals surface area contributed by atoms with E-state index in [0.29, 0.717) is 17.6 Å². The monoisotopic (exact) mass is 377 g/mol. The molecule has 28 heavy (non-hydrogen) atoms. The molecular weight excluding hydrogens is 350 g/mol. The first-order valence-electron chi connectivity index (χ1n) is 9.50. The van der Waals surface area contributed by atoms with Crippen LogP contribution in [-0.2, 0) is 4.74 Å². The van der Waals surface area contributed by atoms with Crippen LogP contribution < -0.4 is 9.47 Å². The highest BCUT2D eigenvalue weighted by Crippen LogP contribution is 2.27. The minimum Gasteiger partial charge on any atom is -0.497 e. The SMILES string of the molecule is COc1ccc(N=C(Oc2ccccc2)C(C)(C)OC2=CCC(C)C=C2)cc1. The number of ether oxygens (including phenoxy) is 3. The molecule has 0 N–H and O–H groups in total. The summed E-state index contributed by atoms with van der Waals surface area (Å²) >= 11 is 0. The van der Waals surface area contributed by atoms with Crippen LogP contribution in [0.4, 0.5) is 5.69 Å². The zero-order valence-electron chi connectivity index (χ0n) is 16.9. The first-order valence-corrected chi connectivity index (χ1v) is 9.50. The molecule has 2 aromatic rings. The lowest BCUT2D eigenvalue weighted by atomic mass is 10.0. The van der Waals surface area contributed by atoms with Gasteiger partial charge >= 0.3 is 0 Å². The number of allylic oxidation sites excluding steroid dienone is 3. The Balaban J connectivity index is 1.89. The fraction of sp³-hybridized carbons (Fsp3) is 0.292. The molecule has 4 heteroatoms. The first kappa shape index (κ1) is 19.7. The fourth-order valence-corrected chi connectivity index (χ4v) is 2.78. The summed E-state index contributed by atoms with van der Waals surface area (Å²) in [6.07, 6.45) is 7.25. The molecule has 0 aromatic heterocycles. The second-order valence-electron chi connectivity index (χ2n) is 7.32. The second-order valence-corrected chi connectivity index (χ2v) is 7.32. The van der Waals surface area contributed by atoms with E-state index >= 15 is 0 Å². The van der Waals surface area contributed by atoms with Gasteiger partial charge in [-0.15, -0.1) is 0 Å². The van der Waals surface area contributed by atoms with Crippen molar-refractivity contribution in [3.63, 3.8) is 0 Å². The van der Waals surface area contributed by atoms with Gasteiger partial charge in [0.1, 0.15) is 17.3 Å². The van der Waals surface area contributed by atoms with Crippen molar-refractivity contribution in [2.24, 2.45) is 10.9 Å². The summed E-state index contributed by atoms with van der Waals surface area (Å²) in [6.45, 7) is 6.11. The molecule has 1 aliphatic carbocycles. The van der Waals surface area contributed by atoms with E-state index in [0.717, 1.165) is 23.6 Å². The van der Waals surface area contributed by atoms with Crippen LogP contribution in [0.25, 0.3) is 0 Å². The summed E-state index contributed by atoms with van der Waals surface area (Å²) in [5.41, 5.74) is 0.0113. The average molecular weight is 377 g/mol. The normalized spacial score (nSPS) is 17.1. The Kier molecular flexibility index (Phi) is 6.19. The molecule has 0 saturated heterocycles. The van der Waals surface area contributed by atoms with E-state index in [9.17, 15) is 0 Å². The smallest absolute Gasteiger partial charge is 0.239 e. The van der Waals surface area contributed by atoms with Crippen LogP contribution in [0.3, 0.4) is 0 Å². The molecule has 146 valence electrons. The van der Waals surface area contributed by atoms with Crippen molar-refractivity contribution in [3.8, 4) is 11.5 Å². The van der Waals surface area contributed by atoms with Crippen molar-refractivity contribution < 1.29 is 14.2 Å². The summed E-state index contributed by atoms with van der Waals surface area (Å²) in [7, 11) is 1.64. The predicted molar refractivity (Wildman–Crippen MR) is 113 cm³/mol. The highest BCUT2D eigenvalue weighted by atomic mass is 16.6. The topological polar surface area (TPSA) is 40.0 Å². The molecule has 1 unspecified atom stereocenters. The predicted octanol–water partition coefficient (Wildman–Crippen LogP) is 6.08. The molecule has 0 spiro atoms. The number of methoxy groups -OCH3 is 1. The summed E-state index contributed by atoms with van der Waals surface area (Å²) in [5, 5.41) is 0. The van der Waals surface area contributed by atoms with Gasteiger partial charge in [-0.05, 0) is 74.7 Å². The molecule has 0 saturated carbocycles. The highest BCUT2D eigenvalue weighted by Gasteiger charge is 2.31. The third-order valence-corrected chi connectivity index (χ3v) is 4.43. The van der Waals surface area contributed by atoms with Crippen LogP contribution in [0.1, 0.15) is 27.2 Å². The lowest BCUT2D eigenvalue weighted by molar-refractivity contribution is 0.0884. The van der Waals surface area contributed by atoms with Gasteiger partial charge in [0.2, 0.25) is 5.90 Å². The van der Waals surface area contributed by atoms with Crippen molar-refractivity contribution in [1.82, 2.24) is 0 Å². The Hall–Kier alpha value is -3.01. The number of nitrogens with zero attached hydrogens (tertiary/aromatic N) is 1. The Bertz CT molecular complexity index is 864. The van der Waals surface area contributed by atoms with Crippen LogP contribution in [0, 0.1) is 5.92 Å². The molecule has 0 fully saturated rings. The number of hydrogen-bond donors (Lipinski definition) is 0. The van der Waals surface area contributed by atoms with Crippen molar-refractivity contribution >= 4 is 11.6 Å². The van der Waals surface area contributed by atoms with Gasteiger partial charge in [0, 0.05) is 0 Å². The maximum atomic E-state index is 6.27. The van der Waals surface area contributed by atoms with Crippen LogP contribution in [0.5, 0.6) is 11.5 Å². The van der Waals surface area contributed by atoms with Gasteiger partial charge in [-0.3, -0.25) is 0 Å². The maximum Gasteiger partial charge on any atom is 0.239 e. The van der Waals surface area contributed by atoms with Gasteiger partial charge in [-0.25, -0.2) is 4.99 Å². The van der Waals surface area contributed by atoms with Gasteiger partial charge in [-0.1, -0.05) is 31.2 Å². The molecule has 0 radical (unpaired) electrons. The molecule has 0 aliphatic heterocycles. The summed E-state index contributed by atoms with van der Waals surface area (Å²) in [4.78, 5) is 4.74. The minimum absolute atomic E-state index is 0.483. The van der Waals surface area contributed by atoms with Crippen LogP contribution >= 0.6 is 0 Å². The third kappa shape index (κ3) is 5.26. The van der Waals surface area contributed by atoms with E-state index in [-0.39, 0.29) is 0 Å². The summed E-state index contributed by atoms with van der Waals surface area (Å²) in [5.74, 6) is 3.35. The standard InChI is InChI=1S/C24H27NO3/c1-18-10-14-22(15-11-18)28-24(2,3)23(27-21-8-6-5-7-9-21)25-19-12-16-20(26-4)17-13-19/h5-10,12-18H,11H2,1-4H3. The number of aliphatic imine (C=N–C) groups is 1. The van der Waals surface area contributed by atoms with E-state index in [1.54, 1.807) is 7.11 Å². The van der Waals surface area contributed by atoms with Crippen molar-refractivity contribution in [2.75, 3.05) is 7.11 Å². The highest BCUT2D eigenvalue weighted by molar-refractivity contribution is 5.89. The summed E-state index contributed by atoms with van der Waals surface area (Å²) in [6, 6.07) is 17.2. The quantitative estimate of drug-likeness (QED) is 0.452. The fourth-order valence-electron chi connectivity index (χ4n) is 2.78. The molecule has 0 heterocycles. The zero-order valence-corrected chi connectivity index (χ0v) is 16.9. The molecular formula is C24H27NO3. The van der Waals surface area contributed by atoms with Crippen LogP contribution in [0.2, 0.25) is 0 Å². The second kappa shape index (κ2) is 8.79. The number of hydrogen-bond acceptors (Lipinski definition) is 4. The minimum atomic E-state index is -0.757. The van der Waals surface area contributed by atoms with E-state index < -0.39 is 5.60 Å². The van der Waals surface area contributed by atoms with Gasteiger partial charge in [0.25, 0.3) is 0 Å². The van der Waals surface area contributed by atoms with E-state index in [1.165, 1.54) is 0 Å². The van der Waals surface area contributed by atoms with E-state index in [2.05, 4.69) is 19.1 Å². The zero-order chi connectivity index (χ0) is 20.0. The van der Waals surface area contributed by atoms with Crippen LogP contribution in [-0.4, -0.2) is 18.6 Å². The van der Waals surface area contributed by atoms with Gasteiger partial charge in [0.15, 0.2) is 5.60 Å². The van der Waals surface area contributed by atoms with Gasteiger partial charge < -0.3 is 14.2 Å². The Morgan fingerprint density at radius 1 is 1.00 bits per heavy atom. The number of benzene rings is 2. The maximum absolute atomic E-state index is 6.27. The molecule has 1 aliphatic rings. The molecule has 4 nitrogen and oxygen atoms in total. The number of para-hydroxylation sites is 1. The van der Waals surface area contributed by atoms with Crippen molar-refractivity contribution in [3.05, 3.63) is 78.6 Å². The molecule has 0 bridgehead atoms. The number of rotatable bonds is 6. The largest absolute Gasteiger partial charge is 0.497 e. The Morgan fingerprint density at radius 3 is 2.32 bits per heavy atom. The molecule has 3 rings (SSSR count). The van der Waals surface area contributed by atoms with E-state index in [1.807, 2.05) is 74.5 Å². The molecule has 0 amide bonds. The lowest BCUT2D eigenvalue weighted by Crippen LogP contribution is -2.38.